The molecule has 296 valence electrons. The molecule has 0 fully saturated rings. The quantitative estimate of drug-likeness (QED) is 0.0577. The van der Waals surface area contributed by atoms with E-state index in [2.05, 4.69) is 250 Å². The van der Waals surface area contributed by atoms with Crippen molar-refractivity contribution in [2.75, 3.05) is 32.7 Å². The Kier molecular flexibility index (Phi) is 15.0. The number of rotatable bonds is 21. The summed E-state index contributed by atoms with van der Waals surface area (Å²) in [7, 11) is 0. The minimum Gasteiger partial charge on any atom is -0.314 e. The van der Waals surface area contributed by atoms with Gasteiger partial charge in [-0.25, -0.2) is 0 Å². The van der Waals surface area contributed by atoms with E-state index in [1.807, 2.05) is 0 Å². The SMILES string of the molecule is CCCCCN(CCNCC(C)(C)SC(c1ccccc1)(c1ccccc1)c1ccccc1)CC(C)(C)SC(c1ccccc1)(c1ccccc1)c1ccccc1. The molecule has 0 saturated heterocycles. The van der Waals surface area contributed by atoms with Crippen LogP contribution in [0.3, 0.4) is 0 Å². The number of nitrogens with zero attached hydrogens (tertiary/aromatic N) is 1. The number of benzene rings is 6. The van der Waals surface area contributed by atoms with E-state index < -0.39 is 0 Å². The largest absolute Gasteiger partial charge is 0.314 e. The molecule has 0 heterocycles. The van der Waals surface area contributed by atoms with Crippen LogP contribution in [-0.2, 0) is 9.49 Å². The lowest BCUT2D eigenvalue weighted by atomic mass is 9.84. The van der Waals surface area contributed by atoms with Crippen LogP contribution in [-0.4, -0.2) is 47.1 Å². The summed E-state index contributed by atoms with van der Waals surface area (Å²) in [6.07, 6.45) is 3.69. The molecular weight excluding hydrogens is 729 g/mol. The fourth-order valence-electron chi connectivity index (χ4n) is 8.31. The Morgan fingerprint density at radius 2 is 0.737 bits per heavy atom. The summed E-state index contributed by atoms with van der Waals surface area (Å²) >= 11 is 4.16. The van der Waals surface area contributed by atoms with E-state index in [1.54, 1.807) is 0 Å². The molecule has 0 amide bonds. The maximum atomic E-state index is 3.97. The van der Waals surface area contributed by atoms with E-state index in [0.717, 1.165) is 32.7 Å². The summed E-state index contributed by atoms with van der Waals surface area (Å²) < 4.78 is -0.858. The van der Waals surface area contributed by atoms with Crippen molar-refractivity contribution in [1.82, 2.24) is 10.2 Å². The molecule has 6 aromatic carbocycles. The zero-order valence-electron chi connectivity index (χ0n) is 34.7. The molecule has 0 unspecified atom stereocenters. The van der Waals surface area contributed by atoms with Crippen LogP contribution in [0.1, 0.15) is 87.3 Å². The average molecular weight is 791 g/mol. The second-order valence-electron chi connectivity index (χ2n) is 16.4. The first kappa shape index (κ1) is 42.5. The summed E-state index contributed by atoms with van der Waals surface area (Å²) in [6.45, 7) is 17.0. The Bertz CT molecular complexity index is 1830. The van der Waals surface area contributed by atoms with Crippen molar-refractivity contribution in [2.24, 2.45) is 0 Å². The number of hydrogen-bond donors (Lipinski definition) is 1. The van der Waals surface area contributed by atoms with Gasteiger partial charge in [-0.15, -0.1) is 23.5 Å². The molecule has 0 spiro atoms. The maximum absolute atomic E-state index is 3.97. The van der Waals surface area contributed by atoms with Crippen molar-refractivity contribution < 1.29 is 0 Å². The van der Waals surface area contributed by atoms with Crippen LogP contribution >= 0.6 is 23.5 Å². The smallest absolute Gasteiger partial charge is 0.0912 e. The molecule has 0 aliphatic heterocycles. The Balaban J connectivity index is 1.22. The minimum absolute atomic E-state index is 0.0660. The topological polar surface area (TPSA) is 15.3 Å². The zero-order valence-corrected chi connectivity index (χ0v) is 36.4. The van der Waals surface area contributed by atoms with Gasteiger partial charge in [-0.1, -0.05) is 202 Å². The monoisotopic (exact) mass is 790 g/mol. The lowest BCUT2D eigenvalue weighted by Gasteiger charge is -2.43. The molecule has 0 aromatic heterocycles. The van der Waals surface area contributed by atoms with Crippen molar-refractivity contribution in [1.29, 1.82) is 0 Å². The second kappa shape index (κ2) is 20.1. The van der Waals surface area contributed by atoms with Crippen LogP contribution in [0.25, 0.3) is 0 Å². The summed E-state index contributed by atoms with van der Waals surface area (Å²) in [5.74, 6) is 0. The van der Waals surface area contributed by atoms with E-state index in [4.69, 9.17) is 0 Å². The summed E-state index contributed by atoms with van der Waals surface area (Å²) in [5, 5.41) is 3.97. The van der Waals surface area contributed by atoms with Crippen molar-refractivity contribution >= 4 is 23.5 Å². The van der Waals surface area contributed by atoms with Gasteiger partial charge in [0, 0.05) is 35.7 Å². The van der Waals surface area contributed by atoms with Crippen molar-refractivity contribution in [3.63, 3.8) is 0 Å². The first-order chi connectivity index (χ1) is 27.7. The third-order valence-corrected chi connectivity index (χ3v) is 14.2. The second-order valence-corrected chi connectivity index (χ2v) is 20.3. The summed E-state index contributed by atoms with van der Waals surface area (Å²) in [6, 6.07) is 66.7. The molecule has 6 aromatic rings. The Hall–Kier alpha value is -4.06. The molecule has 0 bridgehead atoms. The van der Waals surface area contributed by atoms with Crippen molar-refractivity contribution in [2.45, 2.75) is 72.9 Å². The van der Waals surface area contributed by atoms with Crippen LogP contribution in [0, 0.1) is 0 Å². The Morgan fingerprint density at radius 1 is 0.421 bits per heavy atom. The van der Waals surface area contributed by atoms with Gasteiger partial charge in [0.25, 0.3) is 0 Å². The van der Waals surface area contributed by atoms with E-state index in [0.29, 0.717) is 0 Å². The Labute approximate surface area is 352 Å². The lowest BCUT2D eigenvalue weighted by molar-refractivity contribution is 0.249. The van der Waals surface area contributed by atoms with Crippen LogP contribution < -0.4 is 5.32 Å². The molecular formula is C53H62N2S2. The summed E-state index contributed by atoms with van der Waals surface area (Å²) in [4.78, 5) is 2.73. The molecule has 0 atom stereocenters. The average Bonchev–Trinajstić information content (AvgIpc) is 3.25. The van der Waals surface area contributed by atoms with Gasteiger partial charge in [0.15, 0.2) is 0 Å². The summed E-state index contributed by atoms with van der Waals surface area (Å²) in [5.41, 5.74) is 7.87. The van der Waals surface area contributed by atoms with Gasteiger partial charge in [-0.2, -0.15) is 0 Å². The number of hydrogen-bond acceptors (Lipinski definition) is 4. The minimum atomic E-state index is -0.357. The third kappa shape index (κ3) is 10.7. The van der Waals surface area contributed by atoms with Crippen LogP contribution in [0.5, 0.6) is 0 Å². The van der Waals surface area contributed by atoms with E-state index in [1.165, 1.54) is 52.6 Å². The van der Waals surface area contributed by atoms with Gasteiger partial charge < -0.3 is 10.2 Å². The van der Waals surface area contributed by atoms with E-state index in [9.17, 15) is 0 Å². The predicted octanol–water partition coefficient (Wildman–Crippen LogP) is 13.1. The number of unbranched alkanes of at least 4 members (excludes halogenated alkanes) is 2. The van der Waals surface area contributed by atoms with Crippen LogP contribution in [0.15, 0.2) is 182 Å². The highest BCUT2D eigenvalue weighted by Crippen LogP contribution is 2.54. The number of thioether (sulfide) groups is 2. The molecule has 2 nitrogen and oxygen atoms in total. The first-order valence-electron chi connectivity index (χ1n) is 20.9. The fourth-order valence-corrected chi connectivity index (χ4v) is 11.9. The predicted molar refractivity (Wildman–Crippen MR) is 251 cm³/mol. The molecule has 0 radical (unpaired) electrons. The Morgan fingerprint density at radius 3 is 1.05 bits per heavy atom. The van der Waals surface area contributed by atoms with Crippen molar-refractivity contribution in [3.05, 3.63) is 215 Å². The lowest BCUT2D eigenvalue weighted by Crippen LogP contribution is -2.45. The standard InChI is InChI=1S/C53H62N2S2/c1-6-7-26-40-55(43-51(4,5)57-53(47-33-20-11-21-34-47,48-35-22-12-23-36-48)49-37-24-13-25-38-49)41-39-54-42-50(2,3)56-52(44-27-14-8-15-28-44,45-29-16-9-17-30-45)46-31-18-10-19-32-46/h8-25,27-38,54H,6-7,26,39-43H2,1-5H3. The first-order valence-corrected chi connectivity index (χ1v) is 22.5. The molecule has 1 N–H and O–H groups in total. The highest BCUT2D eigenvalue weighted by atomic mass is 32.2. The molecule has 6 rings (SSSR count). The van der Waals surface area contributed by atoms with E-state index in [-0.39, 0.29) is 19.0 Å². The molecule has 0 saturated carbocycles. The van der Waals surface area contributed by atoms with Gasteiger partial charge in [-0.05, 0) is 74.0 Å². The van der Waals surface area contributed by atoms with Crippen LogP contribution in [0.4, 0.5) is 0 Å². The van der Waals surface area contributed by atoms with Gasteiger partial charge in [0.05, 0.1) is 9.49 Å². The highest BCUT2D eigenvalue weighted by molar-refractivity contribution is 8.02. The zero-order chi connectivity index (χ0) is 40.0. The van der Waals surface area contributed by atoms with Gasteiger partial charge in [0.2, 0.25) is 0 Å². The normalized spacial score (nSPS) is 12.5. The fraction of sp³-hybridized carbons (Fsp3) is 0.321. The third-order valence-electron chi connectivity index (χ3n) is 10.8. The van der Waals surface area contributed by atoms with Crippen LogP contribution in [0.2, 0.25) is 0 Å². The van der Waals surface area contributed by atoms with Gasteiger partial charge in [-0.3, -0.25) is 0 Å². The number of nitrogens with one attached hydrogen (secondary N) is 1. The van der Waals surface area contributed by atoms with Gasteiger partial charge >= 0.3 is 0 Å². The maximum Gasteiger partial charge on any atom is 0.0912 e. The van der Waals surface area contributed by atoms with E-state index >= 15 is 0 Å². The van der Waals surface area contributed by atoms with Crippen molar-refractivity contribution in [3.8, 4) is 0 Å². The van der Waals surface area contributed by atoms with Gasteiger partial charge in [0.1, 0.15) is 0 Å². The highest BCUT2D eigenvalue weighted by Gasteiger charge is 2.43. The molecule has 0 aliphatic carbocycles. The molecule has 0 aliphatic rings. The molecule has 57 heavy (non-hydrogen) atoms. The molecule has 4 heteroatoms.